The number of nitrogens with zero attached hydrogens (tertiary/aromatic N) is 2. The van der Waals surface area contributed by atoms with Crippen LogP contribution in [0.1, 0.15) is 0 Å². The van der Waals surface area contributed by atoms with Gasteiger partial charge in [-0.15, -0.1) is 0 Å². The Morgan fingerprint density at radius 1 is 1.70 bits per heavy atom. The maximum absolute atomic E-state index is 10.4. The van der Waals surface area contributed by atoms with Gasteiger partial charge < -0.3 is 0 Å². The standard InChI is InChI=1S/C2H5ClN2O4S/c1-10(8,9)4(2-3)5(6)7/h2H2,1H3. The minimum absolute atomic E-state index is 0.0610. The van der Waals surface area contributed by atoms with Crippen LogP contribution in [-0.4, -0.2) is 30.1 Å². The van der Waals surface area contributed by atoms with Crippen LogP contribution in [0.3, 0.4) is 0 Å². The molecule has 6 nitrogen and oxygen atoms in total. The van der Waals surface area contributed by atoms with Crippen molar-refractivity contribution < 1.29 is 13.5 Å². The second-order valence-corrected chi connectivity index (χ2v) is 3.57. The van der Waals surface area contributed by atoms with Crippen molar-refractivity contribution in [3.05, 3.63) is 10.1 Å². The summed E-state index contributed by atoms with van der Waals surface area (Å²) in [5.74, 6) is 0. The molecule has 0 fully saturated rings. The predicted molar refractivity (Wildman–Crippen MR) is 34.4 cm³/mol. The van der Waals surface area contributed by atoms with Crippen LogP contribution >= 0.6 is 11.6 Å². The Bertz CT molecular complexity index is 223. The lowest BCUT2D eigenvalue weighted by Crippen LogP contribution is -2.34. The summed E-state index contributed by atoms with van der Waals surface area (Å²) in [6.07, 6.45) is 0.707. The molecule has 0 atom stereocenters. The zero-order chi connectivity index (χ0) is 8.36. The van der Waals surface area contributed by atoms with E-state index >= 15 is 0 Å². The van der Waals surface area contributed by atoms with E-state index < -0.39 is 21.1 Å². The molecule has 8 heteroatoms. The highest BCUT2D eigenvalue weighted by Crippen LogP contribution is 1.98. The molecule has 0 radical (unpaired) electrons. The SMILES string of the molecule is CS(=O)(=O)N(CCl)[N+](=O)[O-]. The molecule has 0 rings (SSSR count). The third kappa shape index (κ3) is 2.36. The number of hydrogen-bond acceptors (Lipinski definition) is 4. The Morgan fingerprint density at radius 2 is 2.10 bits per heavy atom. The smallest absolute Gasteiger partial charge is 0.234 e. The molecule has 0 aliphatic heterocycles. The molecule has 0 aliphatic rings. The van der Waals surface area contributed by atoms with Crippen LogP contribution in [-0.2, 0) is 10.0 Å². The van der Waals surface area contributed by atoms with Gasteiger partial charge in [0, 0.05) is 4.41 Å². The van der Waals surface area contributed by atoms with Crippen molar-refractivity contribution in [3.63, 3.8) is 0 Å². The maximum Gasteiger partial charge on any atom is 0.282 e. The van der Waals surface area contributed by atoms with Crippen LogP contribution in [0.25, 0.3) is 0 Å². The van der Waals surface area contributed by atoms with E-state index in [1.54, 1.807) is 0 Å². The number of hydrazine groups is 1. The average molecular weight is 189 g/mol. The van der Waals surface area contributed by atoms with Crippen LogP contribution in [0.5, 0.6) is 0 Å². The Balaban J connectivity index is 4.55. The summed E-state index contributed by atoms with van der Waals surface area (Å²) in [4.78, 5) is 9.85. The molecule has 10 heavy (non-hydrogen) atoms. The van der Waals surface area contributed by atoms with E-state index in [1.165, 1.54) is 0 Å². The zero-order valence-electron chi connectivity index (χ0n) is 5.02. The minimum atomic E-state index is -3.81. The molecule has 0 spiro atoms. The fraction of sp³-hybridized carbons (Fsp3) is 1.00. The summed E-state index contributed by atoms with van der Waals surface area (Å²) >= 11 is 4.95. The maximum atomic E-state index is 10.4. The highest BCUT2D eigenvalue weighted by molar-refractivity contribution is 7.88. The second-order valence-electron chi connectivity index (χ2n) is 1.44. The van der Waals surface area contributed by atoms with E-state index in [9.17, 15) is 18.5 Å². The van der Waals surface area contributed by atoms with Gasteiger partial charge >= 0.3 is 0 Å². The number of rotatable bonds is 3. The average Bonchev–Trinajstić information content (AvgIpc) is 1.60. The van der Waals surface area contributed by atoms with Crippen LogP contribution in [0.4, 0.5) is 0 Å². The summed E-state index contributed by atoms with van der Waals surface area (Å²) in [5, 5.41) is 8.76. The number of sulfonamides is 1. The molecular weight excluding hydrogens is 184 g/mol. The van der Waals surface area contributed by atoms with Gasteiger partial charge in [0.1, 0.15) is 0 Å². The van der Waals surface area contributed by atoms with Crippen LogP contribution in [0, 0.1) is 10.1 Å². The Kier molecular flexibility index (Phi) is 2.85. The Morgan fingerprint density at radius 3 is 2.10 bits per heavy atom. The van der Waals surface area contributed by atoms with Gasteiger partial charge in [0.15, 0.2) is 11.0 Å². The predicted octanol–water partition coefficient (Wildman–Crippen LogP) is -0.364. The number of alkyl halides is 1. The fourth-order valence-corrected chi connectivity index (χ4v) is 1.29. The molecule has 0 heterocycles. The van der Waals surface area contributed by atoms with Gasteiger partial charge in [0.2, 0.25) is 0 Å². The fourth-order valence-electron chi connectivity index (χ4n) is 0.253. The highest BCUT2D eigenvalue weighted by atomic mass is 35.5. The van der Waals surface area contributed by atoms with Gasteiger partial charge in [-0.25, -0.2) is 18.5 Å². The molecule has 0 N–H and O–H groups in total. The number of halogens is 1. The van der Waals surface area contributed by atoms with Gasteiger partial charge in [-0.2, -0.15) is 0 Å². The van der Waals surface area contributed by atoms with E-state index in [0.717, 1.165) is 0 Å². The third-order valence-corrected chi connectivity index (χ3v) is 2.06. The molecule has 0 aromatic rings. The van der Waals surface area contributed by atoms with E-state index in [1.807, 2.05) is 0 Å². The summed E-state index contributed by atoms with van der Waals surface area (Å²) in [7, 11) is -3.81. The van der Waals surface area contributed by atoms with Gasteiger partial charge in [-0.05, 0) is 0 Å². The first-order chi connectivity index (χ1) is 4.39. The third-order valence-electron chi connectivity index (χ3n) is 0.667. The molecule has 0 unspecified atom stereocenters. The quantitative estimate of drug-likeness (QED) is 0.262. The van der Waals surface area contributed by atoms with Gasteiger partial charge in [0.25, 0.3) is 10.0 Å². The zero-order valence-corrected chi connectivity index (χ0v) is 6.59. The lowest BCUT2D eigenvalue weighted by Gasteiger charge is -2.05. The molecule has 0 amide bonds. The lowest BCUT2D eigenvalue weighted by atomic mass is 11.5. The monoisotopic (exact) mass is 188 g/mol. The summed E-state index contributed by atoms with van der Waals surface area (Å²) in [5.41, 5.74) is 0. The van der Waals surface area contributed by atoms with E-state index in [4.69, 9.17) is 11.6 Å². The van der Waals surface area contributed by atoms with Crippen molar-refractivity contribution in [1.82, 2.24) is 4.41 Å². The minimum Gasteiger partial charge on any atom is -0.234 e. The number of nitro groups is 1. The molecular formula is C2H5ClN2O4S. The lowest BCUT2D eigenvalue weighted by molar-refractivity contribution is -0.616. The van der Waals surface area contributed by atoms with E-state index in [0.29, 0.717) is 6.26 Å². The molecule has 0 bridgehead atoms. The van der Waals surface area contributed by atoms with Gasteiger partial charge in [-0.3, -0.25) is 0 Å². The highest BCUT2D eigenvalue weighted by Gasteiger charge is 2.24. The van der Waals surface area contributed by atoms with Crippen molar-refractivity contribution in [3.8, 4) is 0 Å². The van der Waals surface area contributed by atoms with Crippen molar-refractivity contribution in [2.75, 3.05) is 12.3 Å². The summed E-state index contributed by atoms with van der Waals surface area (Å²) < 4.78 is 20.7. The second kappa shape index (κ2) is 3.02. The molecule has 0 aliphatic carbocycles. The topological polar surface area (TPSA) is 80.5 Å². The van der Waals surface area contributed by atoms with Crippen LogP contribution in [0.15, 0.2) is 0 Å². The molecule has 0 saturated carbocycles. The van der Waals surface area contributed by atoms with Gasteiger partial charge in [-0.1, -0.05) is 11.6 Å². The largest absolute Gasteiger partial charge is 0.282 e. The molecule has 0 saturated heterocycles. The summed E-state index contributed by atoms with van der Waals surface area (Å²) in [6, 6.07) is -0.675. The first-order valence-corrected chi connectivity index (χ1v) is 4.46. The normalized spacial score (nSPS) is 11.0. The van der Waals surface area contributed by atoms with E-state index in [-0.39, 0.29) is 4.41 Å². The van der Waals surface area contributed by atoms with Crippen LogP contribution in [0.2, 0.25) is 0 Å². The Hall–Kier alpha value is -0.560. The van der Waals surface area contributed by atoms with Crippen molar-refractivity contribution in [2.45, 2.75) is 0 Å². The van der Waals surface area contributed by atoms with Crippen molar-refractivity contribution in [2.24, 2.45) is 0 Å². The molecule has 0 aromatic carbocycles. The Labute approximate surface area is 62.6 Å². The van der Waals surface area contributed by atoms with Gasteiger partial charge in [0.05, 0.1) is 6.26 Å². The molecule has 0 aromatic heterocycles. The van der Waals surface area contributed by atoms with Crippen molar-refractivity contribution in [1.29, 1.82) is 0 Å². The first kappa shape index (κ1) is 9.44. The van der Waals surface area contributed by atoms with Crippen LogP contribution < -0.4 is 0 Å². The summed E-state index contributed by atoms with van der Waals surface area (Å²) in [6.45, 7) is 0. The number of hydrogen-bond donors (Lipinski definition) is 0. The van der Waals surface area contributed by atoms with E-state index in [2.05, 4.69) is 0 Å². The molecule has 60 valence electrons. The van der Waals surface area contributed by atoms with Crippen molar-refractivity contribution >= 4 is 21.6 Å². The first-order valence-electron chi connectivity index (χ1n) is 2.07.